The molecule has 0 radical (unpaired) electrons. The Morgan fingerprint density at radius 3 is 2.28 bits per heavy atom. The van der Waals surface area contributed by atoms with E-state index < -0.39 is 21.7 Å². The van der Waals surface area contributed by atoms with Gasteiger partial charge in [0.25, 0.3) is 0 Å². The van der Waals surface area contributed by atoms with Crippen molar-refractivity contribution in [1.29, 1.82) is 0 Å². The van der Waals surface area contributed by atoms with Crippen LogP contribution in [-0.2, 0) is 21.4 Å². The molecular weight excluding hydrogens is 410 g/mol. The molecule has 2 aromatic rings. The minimum Gasteiger partial charge on any atom is -0.372 e. The maximum atomic E-state index is 12.4. The van der Waals surface area contributed by atoms with Gasteiger partial charge in [0, 0.05) is 43.1 Å². The maximum absolute atomic E-state index is 12.4. The second-order valence-electron chi connectivity index (χ2n) is 7.33. The highest BCUT2D eigenvalue weighted by molar-refractivity contribution is 7.93. The number of sulfonamides is 1. The number of hydrogen-bond acceptors (Lipinski definition) is 4. The summed E-state index contributed by atoms with van der Waals surface area (Å²) >= 11 is 5.86. The predicted octanol–water partition coefficient (Wildman–Crippen LogP) is 3.73. The lowest BCUT2D eigenvalue weighted by Gasteiger charge is -2.28. The molecule has 8 heteroatoms. The van der Waals surface area contributed by atoms with Crippen LogP contribution in [0.2, 0.25) is 5.02 Å². The molecule has 6 nitrogen and oxygen atoms in total. The summed E-state index contributed by atoms with van der Waals surface area (Å²) in [7, 11) is -2.21. The second-order valence-corrected chi connectivity index (χ2v) is 9.49. The van der Waals surface area contributed by atoms with E-state index in [0.29, 0.717) is 17.3 Å². The van der Waals surface area contributed by atoms with Crippen molar-refractivity contribution in [3.8, 4) is 0 Å². The van der Waals surface area contributed by atoms with Crippen LogP contribution >= 0.6 is 11.6 Å². The van der Waals surface area contributed by atoms with E-state index in [1.165, 1.54) is 24.2 Å². The summed E-state index contributed by atoms with van der Waals surface area (Å²) < 4.78 is 27.3. The van der Waals surface area contributed by atoms with Gasteiger partial charge in [-0.2, -0.15) is 0 Å². The van der Waals surface area contributed by atoms with Crippen LogP contribution in [0.15, 0.2) is 48.5 Å². The second kappa shape index (κ2) is 9.50. The van der Waals surface area contributed by atoms with Gasteiger partial charge in [0.05, 0.1) is 0 Å². The molecule has 1 heterocycles. The van der Waals surface area contributed by atoms with Gasteiger partial charge in [0.15, 0.2) is 0 Å². The minimum atomic E-state index is -3.79. The fourth-order valence-electron chi connectivity index (χ4n) is 3.33. The summed E-state index contributed by atoms with van der Waals surface area (Å²) in [5.41, 5.74) is 2.43. The Kier molecular flexibility index (Phi) is 7.03. The smallest absolute Gasteiger partial charge is 0.241 e. The van der Waals surface area contributed by atoms with E-state index in [0.717, 1.165) is 24.3 Å². The third kappa shape index (κ3) is 6.37. The number of nitrogens with one attached hydrogen (secondary N) is 1. The van der Waals surface area contributed by atoms with E-state index in [4.69, 9.17) is 11.6 Å². The maximum Gasteiger partial charge on any atom is 0.241 e. The van der Waals surface area contributed by atoms with Gasteiger partial charge < -0.3 is 9.80 Å². The first-order chi connectivity index (χ1) is 13.8. The number of hydrogen-bond donors (Lipinski definition) is 1. The SMILES string of the molecule is CN(Cc1ccc(Cl)cc1)C(=O)CS(=O)(=O)Nc1ccc(N2CCCCC2)cc1. The monoisotopic (exact) mass is 435 g/mol. The number of benzene rings is 2. The van der Waals surface area contributed by atoms with Gasteiger partial charge in [0.1, 0.15) is 5.75 Å². The van der Waals surface area contributed by atoms with Crippen molar-refractivity contribution >= 4 is 38.9 Å². The van der Waals surface area contributed by atoms with Crippen LogP contribution < -0.4 is 9.62 Å². The van der Waals surface area contributed by atoms with Crippen LogP contribution in [0, 0.1) is 0 Å². The zero-order valence-corrected chi connectivity index (χ0v) is 18.0. The molecular formula is C21H26ClN3O3S. The number of carbonyl (C=O) groups is 1. The highest BCUT2D eigenvalue weighted by Gasteiger charge is 2.20. The molecule has 1 aliphatic rings. The van der Waals surface area contributed by atoms with Crippen LogP contribution in [0.5, 0.6) is 0 Å². The standard InChI is InChI=1S/C21H26ClN3O3S/c1-24(15-17-5-7-18(22)8-6-17)21(26)16-29(27,28)23-19-9-11-20(12-10-19)25-13-3-2-4-14-25/h5-12,23H,2-4,13-16H2,1H3. The zero-order valence-electron chi connectivity index (χ0n) is 16.5. The highest BCUT2D eigenvalue weighted by Crippen LogP contribution is 2.22. The van der Waals surface area contributed by atoms with Crippen LogP contribution in [0.1, 0.15) is 24.8 Å². The van der Waals surface area contributed by atoms with Gasteiger partial charge in [-0.15, -0.1) is 0 Å². The Labute approximate surface area is 177 Å². The Hall–Kier alpha value is -2.25. The summed E-state index contributed by atoms with van der Waals surface area (Å²) in [6.07, 6.45) is 3.62. The number of anilines is 2. The van der Waals surface area contributed by atoms with Gasteiger partial charge in [-0.1, -0.05) is 23.7 Å². The molecule has 3 rings (SSSR count). The summed E-state index contributed by atoms with van der Waals surface area (Å²) in [4.78, 5) is 16.0. The average molecular weight is 436 g/mol. The Balaban J connectivity index is 1.55. The van der Waals surface area contributed by atoms with Gasteiger partial charge in [-0.25, -0.2) is 8.42 Å². The first kappa shape index (κ1) is 21.5. The van der Waals surface area contributed by atoms with Crippen molar-refractivity contribution in [1.82, 2.24) is 4.90 Å². The number of carbonyl (C=O) groups excluding carboxylic acids is 1. The Morgan fingerprint density at radius 2 is 1.66 bits per heavy atom. The van der Waals surface area contributed by atoms with Gasteiger partial charge in [-0.05, 0) is 61.2 Å². The predicted molar refractivity (Wildman–Crippen MR) is 118 cm³/mol. The van der Waals surface area contributed by atoms with E-state index in [1.54, 1.807) is 31.3 Å². The number of halogens is 1. The quantitative estimate of drug-likeness (QED) is 0.719. The lowest BCUT2D eigenvalue weighted by atomic mass is 10.1. The molecule has 29 heavy (non-hydrogen) atoms. The van der Waals surface area contributed by atoms with Crippen molar-refractivity contribution in [2.75, 3.05) is 35.5 Å². The van der Waals surface area contributed by atoms with Crippen LogP contribution in [0.25, 0.3) is 0 Å². The van der Waals surface area contributed by atoms with Crippen LogP contribution in [0.4, 0.5) is 11.4 Å². The lowest BCUT2D eigenvalue weighted by Crippen LogP contribution is -2.34. The van der Waals surface area contributed by atoms with E-state index in [9.17, 15) is 13.2 Å². The topological polar surface area (TPSA) is 69.7 Å². The van der Waals surface area contributed by atoms with Crippen molar-refractivity contribution in [3.05, 3.63) is 59.1 Å². The third-order valence-electron chi connectivity index (χ3n) is 4.93. The molecule has 0 atom stereocenters. The number of rotatable bonds is 7. The molecule has 1 aliphatic heterocycles. The summed E-state index contributed by atoms with van der Waals surface area (Å²) in [6, 6.07) is 14.4. The first-order valence-electron chi connectivity index (χ1n) is 9.66. The van der Waals surface area contributed by atoms with Crippen molar-refractivity contribution in [2.45, 2.75) is 25.8 Å². The number of nitrogens with zero attached hydrogens (tertiary/aromatic N) is 2. The Bertz CT molecular complexity index is 925. The molecule has 0 aromatic heterocycles. The van der Waals surface area contributed by atoms with Gasteiger partial charge in [-0.3, -0.25) is 9.52 Å². The average Bonchev–Trinajstić information content (AvgIpc) is 2.70. The largest absolute Gasteiger partial charge is 0.372 e. The molecule has 0 spiro atoms. The van der Waals surface area contributed by atoms with Crippen LogP contribution in [-0.4, -0.2) is 45.1 Å². The molecule has 0 aliphatic carbocycles. The highest BCUT2D eigenvalue weighted by atomic mass is 35.5. The third-order valence-corrected chi connectivity index (χ3v) is 6.36. The summed E-state index contributed by atoms with van der Waals surface area (Å²) in [5, 5.41) is 0.612. The molecule has 0 bridgehead atoms. The molecule has 156 valence electrons. The van der Waals surface area contributed by atoms with Crippen LogP contribution in [0.3, 0.4) is 0 Å². The molecule has 1 N–H and O–H groups in total. The lowest BCUT2D eigenvalue weighted by molar-refractivity contribution is -0.127. The molecule has 1 fully saturated rings. The van der Waals surface area contributed by atoms with Crippen molar-refractivity contribution < 1.29 is 13.2 Å². The number of amides is 1. The van der Waals surface area contributed by atoms with Gasteiger partial charge in [0.2, 0.25) is 15.9 Å². The van der Waals surface area contributed by atoms with E-state index in [2.05, 4.69) is 9.62 Å². The fourth-order valence-corrected chi connectivity index (χ4v) is 4.57. The molecule has 1 saturated heterocycles. The van der Waals surface area contributed by atoms with Gasteiger partial charge >= 0.3 is 0 Å². The number of piperidine rings is 1. The van der Waals surface area contributed by atoms with Crippen molar-refractivity contribution in [3.63, 3.8) is 0 Å². The molecule has 2 aromatic carbocycles. The summed E-state index contributed by atoms with van der Waals surface area (Å²) in [5.74, 6) is -1.08. The molecule has 0 saturated carbocycles. The van der Waals surface area contributed by atoms with E-state index in [1.807, 2.05) is 24.3 Å². The van der Waals surface area contributed by atoms with Crippen molar-refractivity contribution in [2.24, 2.45) is 0 Å². The molecule has 1 amide bonds. The first-order valence-corrected chi connectivity index (χ1v) is 11.7. The normalized spacial score (nSPS) is 14.5. The van der Waals surface area contributed by atoms with E-state index in [-0.39, 0.29) is 0 Å². The fraction of sp³-hybridized carbons (Fsp3) is 0.381. The summed E-state index contributed by atoms with van der Waals surface area (Å²) in [6.45, 7) is 2.37. The zero-order chi connectivity index (χ0) is 20.9. The molecule has 0 unspecified atom stereocenters. The Morgan fingerprint density at radius 1 is 1.03 bits per heavy atom. The minimum absolute atomic E-state index is 0.316. The van der Waals surface area contributed by atoms with E-state index >= 15 is 0 Å².